The molecule has 8 nitrogen and oxygen atoms in total. The van der Waals surface area contributed by atoms with Gasteiger partial charge in [0.1, 0.15) is 11.6 Å². The second-order valence-electron chi connectivity index (χ2n) is 11.4. The Hall–Kier alpha value is -2.19. The van der Waals surface area contributed by atoms with Crippen molar-refractivity contribution in [2.45, 2.75) is 102 Å². The van der Waals surface area contributed by atoms with Crippen molar-refractivity contribution in [3.05, 3.63) is 25.3 Å². The molecule has 3 fully saturated rings. The topological polar surface area (TPSA) is 90.4 Å². The Bertz CT molecular complexity index is 891. The molecule has 3 amide bonds. The van der Waals surface area contributed by atoms with Crippen LogP contribution < -0.4 is 0 Å². The Labute approximate surface area is 229 Å². The number of fused-ring (bicyclic) bond motifs is 1. The van der Waals surface area contributed by atoms with Gasteiger partial charge in [-0.25, -0.2) is 0 Å². The summed E-state index contributed by atoms with van der Waals surface area (Å²) in [7, 11) is 0. The van der Waals surface area contributed by atoms with E-state index in [0.29, 0.717) is 45.4 Å². The third-order valence-corrected chi connectivity index (χ3v) is 8.87. The lowest BCUT2D eigenvalue weighted by molar-refractivity contribution is -0.155. The number of aliphatic hydroxyl groups is 1. The molecule has 1 N–H and O–H groups in total. The maximum absolute atomic E-state index is 14.3. The number of nitrogens with zero attached hydrogens (tertiary/aromatic N) is 3. The minimum atomic E-state index is -1.00. The van der Waals surface area contributed by atoms with Crippen LogP contribution in [-0.4, -0.2) is 93.6 Å². The second kappa shape index (κ2) is 12.8. The molecule has 0 radical (unpaired) electrons. The summed E-state index contributed by atoms with van der Waals surface area (Å²) in [5.74, 6) is -1.59. The summed E-state index contributed by atoms with van der Waals surface area (Å²) >= 11 is 0. The molecular weight excluding hydrogens is 482 g/mol. The molecule has 3 saturated heterocycles. The summed E-state index contributed by atoms with van der Waals surface area (Å²) in [5, 5.41) is 9.15. The van der Waals surface area contributed by atoms with Gasteiger partial charge in [-0.15, -0.1) is 13.2 Å². The van der Waals surface area contributed by atoms with Gasteiger partial charge in [-0.3, -0.25) is 14.4 Å². The average Bonchev–Trinajstić information content (AvgIpc) is 3.49. The lowest BCUT2D eigenvalue weighted by atomic mass is 9.64. The number of amides is 3. The number of aliphatic hydroxyl groups excluding tert-OH is 1. The third-order valence-electron chi connectivity index (χ3n) is 8.87. The largest absolute Gasteiger partial charge is 0.396 e. The van der Waals surface area contributed by atoms with E-state index in [4.69, 9.17) is 9.84 Å². The van der Waals surface area contributed by atoms with E-state index < -0.39 is 29.1 Å². The van der Waals surface area contributed by atoms with Crippen LogP contribution in [-0.2, 0) is 19.1 Å². The van der Waals surface area contributed by atoms with Crippen LogP contribution in [0, 0.1) is 11.8 Å². The van der Waals surface area contributed by atoms with Gasteiger partial charge in [0.2, 0.25) is 17.7 Å². The Morgan fingerprint density at radius 2 is 1.79 bits per heavy atom. The molecule has 0 aromatic rings. The normalized spacial score (nSPS) is 29.6. The van der Waals surface area contributed by atoms with Gasteiger partial charge in [0.05, 0.1) is 17.4 Å². The van der Waals surface area contributed by atoms with E-state index in [1.807, 2.05) is 27.7 Å². The predicted molar refractivity (Wildman–Crippen MR) is 148 cm³/mol. The van der Waals surface area contributed by atoms with Crippen LogP contribution in [0.2, 0.25) is 0 Å². The molecule has 5 atom stereocenters. The van der Waals surface area contributed by atoms with E-state index in [1.165, 1.54) is 0 Å². The number of rotatable bonds is 16. The zero-order chi connectivity index (χ0) is 28.1. The van der Waals surface area contributed by atoms with Gasteiger partial charge >= 0.3 is 0 Å². The first-order chi connectivity index (χ1) is 18.2. The number of hydrogen-bond donors (Lipinski definition) is 1. The summed E-state index contributed by atoms with van der Waals surface area (Å²) in [6.07, 6.45) is 9.30. The van der Waals surface area contributed by atoms with Gasteiger partial charge in [0.15, 0.2) is 0 Å². The van der Waals surface area contributed by atoms with Crippen LogP contribution >= 0.6 is 0 Å². The maximum atomic E-state index is 14.3. The monoisotopic (exact) mass is 531 g/mol. The van der Waals surface area contributed by atoms with Crippen molar-refractivity contribution in [1.82, 2.24) is 14.7 Å². The van der Waals surface area contributed by atoms with Crippen molar-refractivity contribution < 1.29 is 24.2 Å². The quantitative estimate of drug-likeness (QED) is 0.243. The fourth-order valence-electron chi connectivity index (χ4n) is 7.13. The fourth-order valence-corrected chi connectivity index (χ4v) is 7.13. The van der Waals surface area contributed by atoms with E-state index >= 15 is 0 Å². The molecule has 3 rings (SSSR count). The first-order valence-corrected chi connectivity index (χ1v) is 14.6. The van der Waals surface area contributed by atoms with Crippen LogP contribution in [0.5, 0.6) is 0 Å². The molecule has 3 aliphatic rings. The zero-order valence-corrected chi connectivity index (χ0v) is 24.0. The molecule has 3 heterocycles. The smallest absolute Gasteiger partial charge is 0.248 e. The van der Waals surface area contributed by atoms with Gasteiger partial charge in [0.25, 0.3) is 0 Å². The first-order valence-electron chi connectivity index (χ1n) is 14.6. The minimum Gasteiger partial charge on any atom is -0.396 e. The van der Waals surface area contributed by atoms with E-state index in [1.54, 1.807) is 26.9 Å². The van der Waals surface area contributed by atoms with Crippen molar-refractivity contribution in [2.24, 2.45) is 11.8 Å². The summed E-state index contributed by atoms with van der Waals surface area (Å²) < 4.78 is 6.91. The number of unbranched alkanes of at least 4 members (excludes halogenated alkanes) is 3. The minimum absolute atomic E-state index is 0.0590. The zero-order valence-electron chi connectivity index (χ0n) is 24.0. The number of likely N-dealkylation sites (tertiary alicyclic amines) is 1. The van der Waals surface area contributed by atoms with Gasteiger partial charge < -0.3 is 24.5 Å². The molecule has 0 aliphatic carbocycles. The highest BCUT2D eigenvalue weighted by Crippen LogP contribution is 2.64. The van der Waals surface area contributed by atoms with E-state index in [-0.39, 0.29) is 30.4 Å². The van der Waals surface area contributed by atoms with Crippen LogP contribution in [0.15, 0.2) is 25.3 Å². The highest BCUT2D eigenvalue weighted by Gasteiger charge is 2.79. The molecule has 1 spiro atoms. The Balaban J connectivity index is 2.05. The van der Waals surface area contributed by atoms with E-state index in [2.05, 4.69) is 13.2 Å². The molecule has 3 aliphatic heterocycles. The Kier molecular flexibility index (Phi) is 10.2. The summed E-state index contributed by atoms with van der Waals surface area (Å²) in [4.78, 5) is 48.0. The Morgan fingerprint density at radius 3 is 2.37 bits per heavy atom. The number of ether oxygens (including phenoxy) is 1. The number of carbonyl (C=O) groups is 3. The van der Waals surface area contributed by atoms with Crippen molar-refractivity contribution in [3.8, 4) is 0 Å². The highest BCUT2D eigenvalue weighted by atomic mass is 16.5. The summed E-state index contributed by atoms with van der Waals surface area (Å²) in [6.45, 7) is 17.7. The third kappa shape index (κ3) is 5.18. The van der Waals surface area contributed by atoms with Crippen LogP contribution in [0.1, 0.15) is 79.1 Å². The Morgan fingerprint density at radius 1 is 1.11 bits per heavy atom. The van der Waals surface area contributed by atoms with Crippen LogP contribution in [0.4, 0.5) is 0 Å². The van der Waals surface area contributed by atoms with E-state index in [0.717, 1.165) is 32.1 Å². The first kappa shape index (κ1) is 30.4. The van der Waals surface area contributed by atoms with Gasteiger partial charge in [0, 0.05) is 38.8 Å². The summed E-state index contributed by atoms with van der Waals surface area (Å²) in [5.41, 5.74) is -1.74. The van der Waals surface area contributed by atoms with E-state index in [9.17, 15) is 14.4 Å². The molecule has 8 heteroatoms. The molecule has 2 bridgehead atoms. The van der Waals surface area contributed by atoms with Crippen molar-refractivity contribution in [1.29, 1.82) is 0 Å². The van der Waals surface area contributed by atoms with Gasteiger partial charge in [-0.1, -0.05) is 38.8 Å². The molecule has 0 saturated carbocycles. The standard InChI is InChI=1S/C30H49N3O5/c1-7-17-31(18-8-2)26(35)23-24-27(36)33(20-13-11-12-14-21-34)25(28(37)32(19-9-3)22(5)6)30(24)16-15-29(23,10-4)38-30/h7,9,22-25,34H,1,3,8,10-21H2,2,4-6H3/t23-,24-,25?,29+,30?/m0/s1. The molecule has 0 aromatic heterocycles. The summed E-state index contributed by atoms with van der Waals surface area (Å²) in [6, 6.07) is -0.827. The molecule has 214 valence electrons. The lowest BCUT2D eigenvalue weighted by Crippen LogP contribution is -2.57. The number of carbonyl (C=O) groups excluding carboxylic acids is 3. The maximum Gasteiger partial charge on any atom is 0.248 e. The van der Waals surface area contributed by atoms with Crippen LogP contribution in [0.25, 0.3) is 0 Å². The molecule has 0 aromatic carbocycles. The highest BCUT2D eigenvalue weighted by molar-refractivity contribution is 5.99. The number of hydrogen-bond acceptors (Lipinski definition) is 5. The van der Waals surface area contributed by atoms with Crippen LogP contribution in [0.3, 0.4) is 0 Å². The lowest BCUT2D eigenvalue weighted by Gasteiger charge is -2.38. The molecular formula is C30H49N3O5. The van der Waals surface area contributed by atoms with Crippen molar-refractivity contribution >= 4 is 17.7 Å². The average molecular weight is 532 g/mol. The van der Waals surface area contributed by atoms with Gasteiger partial charge in [-0.2, -0.15) is 0 Å². The van der Waals surface area contributed by atoms with Crippen molar-refractivity contribution in [2.75, 3.05) is 32.8 Å². The van der Waals surface area contributed by atoms with Gasteiger partial charge in [-0.05, 0) is 52.4 Å². The molecule has 38 heavy (non-hydrogen) atoms. The second-order valence-corrected chi connectivity index (χ2v) is 11.4. The fraction of sp³-hybridized carbons (Fsp3) is 0.767. The van der Waals surface area contributed by atoms with Crippen molar-refractivity contribution in [3.63, 3.8) is 0 Å². The predicted octanol–water partition coefficient (Wildman–Crippen LogP) is 3.54. The SMILES string of the molecule is C=CCN(CCC)C(=O)[C@@H]1[C@H]2C(=O)N(CCCCCCO)C(C(=O)N(CC=C)C(C)C)C23CC[C@@]1(CC)O3. The molecule has 2 unspecified atom stereocenters.